The van der Waals surface area contributed by atoms with Gasteiger partial charge in [0.15, 0.2) is 5.43 Å². The molecule has 20 heavy (non-hydrogen) atoms. The van der Waals surface area contributed by atoms with Crippen LogP contribution in [0.5, 0.6) is 5.75 Å². The topological polar surface area (TPSA) is 71.4 Å². The zero-order valence-electron chi connectivity index (χ0n) is 11.1. The number of carbonyl (C=O) groups excluding carboxylic acids is 1. The lowest BCUT2D eigenvalue weighted by molar-refractivity contribution is -0.255. The molecule has 0 unspecified atom stereocenters. The summed E-state index contributed by atoms with van der Waals surface area (Å²) < 4.78 is 6.91. The Kier molecular flexibility index (Phi) is 3.89. The fourth-order valence-corrected chi connectivity index (χ4v) is 2.11. The quantitative estimate of drug-likeness (QED) is 0.760. The molecule has 0 saturated heterocycles. The van der Waals surface area contributed by atoms with Crippen molar-refractivity contribution < 1.29 is 14.6 Å². The number of benzene rings is 1. The molecule has 0 aliphatic rings. The van der Waals surface area contributed by atoms with Gasteiger partial charge in [-0.3, -0.25) is 4.79 Å². The largest absolute Gasteiger partial charge is 0.543 e. The van der Waals surface area contributed by atoms with Crippen molar-refractivity contribution in [1.29, 1.82) is 0 Å². The van der Waals surface area contributed by atoms with Gasteiger partial charge in [-0.15, -0.1) is 0 Å². The van der Waals surface area contributed by atoms with Crippen LogP contribution in [0, 0.1) is 0 Å². The highest BCUT2D eigenvalue weighted by molar-refractivity contribution is 5.89. The molecule has 2 rings (SSSR count). The lowest BCUT2D eigenvalue weighted by Crippen LogP contribution is -2.29. The van der Waals surface area contributed by atoms with Crippen LogP contribution in [0.2, 0.25) is 0 Å². The van der Waals surface area contributed by atoms with E-state index in [9.17, 15) is 14.7 Å². The maximum atomic E-state index is 12.0. The number of ether oxygens (including phenoxy) is 1. The summed E-state index contributed by atoms with van der Waals surface area (Å²) in [5.74, 6) is -0.823. The highest BCUT2D eigenvalue weighted by Crippen LogP contribution is 2.20. The molecule has 104 valence electrons. The molecule has 0 aliphatic heterocycles. The van der Waals surface area contributed by atoms with E-state index in [1.807, 2.05) is 0 Å². The zero-order valence-corrected chi connectivity index (χ0v) is 11.1. The van der Waals surface area contributed by atoms with Crippen LogP contribution in [0.15, 0.2) is 41.7 Å². The fourth-order valence-electron chi connectivity index (χ4n) is 2.11. The van der Waals surface area contributed by atoms with Gasteiger partial charge in [-0.05, 0) is 25.1 Å². The van der Waals surface area contributed by atoms with Crippen LogP contribution in [-0.4, -0.2) is 17.1 Å². The molecule has 5 heteroatoms. The molecular weight excluding hydrogens is 258 g/mol. The monoisotopic (exact) mass is 272 g/mol. The standard InChI is InChI=1S/C15H15NO4/c1-3-7-20-10-5-6-12-11(8-10)14(17)9-13(15(18)19)16(12)4-2/h3,5-6,8-9H,1,4,7H2,2H3,(H,18,19)/p-1. The van der Waals surface area contributed by atoms with Crippen molar-refractivity contribution in [3.8, 4) is 5.75 Å². The maximum absolute atomic E-state index is 12.0. The summed E-state index contributed by atoms with van der Waals surface area (Å²) in [5.41, 5.74) is 0.0582. The molecular formula is C15H14NO4-. The van der Waals surface area contributed by atoms with Crippen molar-refractivity contribution in [3.05, 3.63) is 52.8 Å². The molecule has 0 spiro atoms. The van der Waals surface area contributed by atoms with E-state index >= 15 is 0 Å². The molecule has 2 aromatic rings. The lowest BCUT2D eigenvalue weighted by Gasteiger charge is -2.16. The predicted molar refractivity (Wildman–Crippen MR) is 73.9 cm³/mol. The van der Waals surface area contributed by atoms with Gasteiger partial charge in [-0.1, -0.05) is 12.7 Å². The van der Waals surface area contributed by atoms with E-state index < -0.39 is 5.97 Å². The number of carboxylic acids is 1. The number of aryl methyl sites for hydroxylation is 1. The molecule has 0 saturated carbocycles. The fraction of sp³-hybridized carbons (Fsp3) is 0.200. The Morgan fingerprint density at radius 2 is 2.20 bits per heavy atom. The second-order valence-electron chi connectivity index (χ2n) is 4.20. The summed E-state index contributed by atoms with van der Waals surface area (Å²) in [6.07, 6.45) is 1.60. The smallest absolute Gasteiger partial charge is 0.190 e. The van der Waals surface area contributed by atoms with Gasteiger partial charge in [0, 0.05) is 18.0 Å². The third-order valence-corrected chi connectivity index (χ3v) is 2.98. The van der Waals surface area contributed by atoms with Gasteiger partial charge in [0.1, 0.15) is 12.4 Å². The third kappa shape index (κ3) is 2.42. The summed E-state index contributed by atoms with van der Waals surface area (Å²) in [6.45, 7) is 6.12. The Morgan fingerprint density at radius 3 is 2.80 bits per heavy atom. The second kappa shape index (κ2) is 5.61. The van der Waals surface area contributed by atoms with Crippen LogP contribution in [0.1, 0.15) is 17.4 Å². The summed E-state index contributed by atoms with van der Waals surface area (Å²) in [5, 5.41) is 11.5. The van der Waals surface area contributed by atoms with E-state index in [4.69, 9.17) is 4.74 Å². The van der Waals surface area contributed by atoms with Crippen molar-refractivity contribution in [2.75, 3.05) is 6.61 Å². The van der Waals surface area contributed by atoms with E-state index in [1.54, 1.807) is 31.2 Å². The molecule has 0 radical (unpaired) electrons. The number of pyridine rings is 1. The first-order valence-electron chi connectivity index (χ1n) is 6.21. The number of hydrogen-bond donors (Lipinski definition) is 0. The Balaban J connectivity index is 2.69. The molecule has 0 bridgehead atoms. The van der Waals surface area contributed by atoms with Crippen LogP contribution in [0.4, 0.5) is 0 Å². The van der Waals surface area contributed by atoms with Gasteiger partial charge >= 0.3 is 0 Å². The molecule has 1 heterocycles. The molecule has 1 aromatic carbocycles. The first-order chi connectivity index (χ1) is 9.58. The first-order valence-corrected chi connectivity index (χ1v) is 6.21. The Morgan fingerprint density at radius 1 is 1.45 bits per heavy atom. The number of aromatic nitrogens is 1. The molecule has 5 nitrogen and oxygen atoms in total. The molecule has 0 fully saturated rings. The molecule has 1 aromatic heterocycles. The average Bonchev–Trinajstić information content (AvgIpc) is 2.45. The van der Waals surface area contributed by atoms with Crippen LogP contribution in [0.25, 0.3) is 10.9 Å². The normalized spacial score (nSPS) is 10.4. The van der Waals surface area contributed by atoms with E-state index in [1.165, 1.54) is 4.57 Å². The summed E-state index contributed by atoms with van der Waals surface area (Å²) >= 11 is 0. The van der Waals surface area contributed by atoms with E-state index in [-0.39, 0.29) is 11.1 Å². The molecule has 0 amide bonds. The van der Waals surface area contributed by atoms with E-state index in [0.29, 0.717) is 29.8 Å². The van der Waals surface area contributed by atoms with Crippen molar-refractivity contribution >= 4 is 16.9 Å². The third-order valence-electron chi connectivity index (χ3n) is 2.98. The average molecular weight is 272 g/mol. The predicted octanol–water partition coefficient (Wildman–Crippen LogP) is 0.950. The van der Waals surface area contributed by atoms with Crippen LogP contribution < -0.4 is 15.3 Å². The van der Waals surface area contributed by atoms with Crippen LogP contribution in [0.3, 0.4) is 0 Å². The number of carboxylic acid groups (broad SMARTS) is 1. The van der Waals surface area contributed by atoms with Crippen LogP contribution >= 0.6 is 0 Å². The summed E-state index contributed by atoms with van der Waals surface area (Å²) in [7, 11) is 0. The Bertz CT molecular complexity index is 730. The zero-order chi connectivity index (χ0) is 14.7. The second-order valence-corrected chi connectivity index (χ2v) is 4.20. The van der Waals surface area contributed by atoms with Gasteiger partial charge in [0.25, 0.3) is 0 Å². The highest BCUT2D eigenvalue weighted by Gasteiger charge is 2.09. The SMILES string of the molecule is C=CCOc1ccc2c(c1)c(=O)cc(C(=O)[O-])n2CC. The summed E-state index contributed by atoms with van der Waals surface area (Å²) in [6, 6.07) is 6.05. The number of hydrogen-bond acceptors (Lipinski definition) is 4. The van der Waals surface area contributed by atoms with Gasteiger partial charge in [-0.2, -0.15) is 0 Å². The number of rotatable bonds is 5. The summed E-state index contributed by atoms with van der Waals surface area (Å²) in [4.78, 5) is 23.1. The van der Waals surface area contributed by atoms with E-state index in [0.717, 1.165) is 6.07 Å². The Labute approximate surface area is 115 Å². The number of carbonyl (C=O) groups is 1. The molecule has 0 N–H and O–H groups in total. The number of fused-ring (bicyclic) bond motifs is 1. The van der Waals surface area contributed by atoms with Crippen molar-refractivity contribution in [2.45, 2.75) is 13.5 Å². The molecule has 0 aliphatic carbocycles. The minimum atomic E-state index is -1.36. The maximum Gasteiger partial charge on any atom is 0.190 e. The van der Waals surface area contributed by atoms with Crippen LogP contribution in [-0.2, 0) is 6.54 Å². The number of aromatic carboxylic acids is 1. The minimum absolute atomic E-state index is 0.121. The highest BCUT2D eigenvalue weighted by atomic mass is 16.5. The van der Waals surface area contributed by atoms with Crippen molar-refractivity contribution in [3.63, 3.8) is 0 Å². The van der Waals surface area contributed by atoms with Gasteiger partial charge in [-0.25, -0.2) is 0 Å². The lowest BCUT2D eigenvalue weighted by atomic mass is 10.1. The van der Waals surface area contributed by atoms with Gasteiger partial charge in [0.05, 0.1) is 17.2 Å². The Hall–Kier alpha value is -2.56. The molecule has 0 atom stereocenters. The van der Waals surface area contributed by atoms with Gasteiger partial charge < -0.3 is 19.2 Å². The van der Waals surface area contributed by atoms with Gasteiger partial charge in [0.2, 0.25) is 0 Å². The first kappa shape index (κ1) is 13.9. The van der Waals surface area contributed by atoms with Crippen molar-refractivity contribution in [1.82, 2.24) is 4.57 Å². The van der Waals surface area contributed by atoms with E-state index in [2.05, 4.69) is 6.58 Å². The number of nitrogens with zero attached hydrogens (tertiary/aromatic N) is 1. The minimum Gasteiger partial charge on any atom is -0.543 e. The van der Waals surface area contributed by atoms with Crippen molar-refractivity contribution in [2.24, 2.45) is 0 Å².